The van der Waals surface area contributed by atoms with Gasteiger partial charge >= 0.3 is 0 Å². The SMILES string of the molecule is CCCCCCCCCCC(O)C[S+](CCO)CCO. The highest BCUT2D eigenvalue weighted by Crippen LogP contribution is 2.12. The van der Waals surface area contributed by atoms with Crippen LogP contribution in [0.5, 0.6) is 0 Å². The molecule has 0 spiro atoms. The van der Waals surface area contributed by atoms with E-state index in [1.165, 1.54) is 44.9 Å². The van der Waals surface area contributed by atoms with Crippen LogP contribution in [0.1, 0.15) is 64.7 Å². The molecule has 0 bridgehead atoms. The van der Waals surface area contributed by atoms with E-state index in [1.54, 1.807) is 0 Å². The lowest BCUT2D eigenvalue weighted by atomic mass is 10.1. The molecule has 3 N–H and O–H groups in total. The molecule has 0 saturated heterocycles. The predicted octanol–water partition coefficient (Wildman–Crippen LogP) is 2.48. The van der Waals surface area contributed by atoms with Crippen LogP contribution < -0.4 is 0 Å². The molecule has 4 heteroatoms. The minimum absolute atomic E-state index is 0.0173. The Hall–Kier alpha value is 0.230. The summed E-state index contributed by atoms with van der Waals surface area (Å²) in [6.45, 7) is 2.56. The van der Waals surface area contributed by atoms with E-state index in [0.29, 0.717) is 0 Å². The Bertz CT molecular complexity index is 185. The number of aliphatic hydroxyl groups excluding tert-OH is 3. The van der Waals surface area contributed by atoms with Crippen molar-refractivity contribution in [2.45, 2.75) is 70.8 Å². The topological polar surface area (TPSA) is 60.7 Å². The summed E-state index contributed by atoms with van der Waals surface area (Å²) in [7, 11) is -0.0173. The molecule has 0 saturated carbocycles. The maximum absolute atomic E-state index is 9.99. The van der Waals surface area contributed by atoms with Crippen molar-refractivity contribution in [3.05, 3.63) is 0 Å². The van der Waals surface area contributed by atoms with Crippen molar-refractivity contribution in [1.82, 2.24) is 0 Å². The van der Waals surface area contributed by atoms with Crippen molar-refractivity contribution < 1.29 is 15.3 Å². The van der Waals surface area contributed by atoms with Gasteiger partial charge in [0.15, 0.2) is 0 Å². The van der Waals surface area contributed by atoms with E-state index in [0.717, 1.165) is 30.1 Å². The van der Waals surface area contributed by atoms with E-state index in [1.807, 2.05) is 0 Å². The van der Waals surface area contributed by atoms with Crippen molar-refractivity contribution in [2.75, 3.05) is 30.5 Å². The molecule has 0 aromatic carbocycles. The van der Waals surface area contributed by atoms with E-state index in [9.17, 15) is 5.11 Å². The molecular formula is C16H35O3S+. The summed E-state index contributed by atoms with van der Waals surface area (Å²) in [4.78, 5) is 0. The van der Waals surface area contributed by atoms with Crippen LogP contribution in [0.15, 0.2) is 0 Å². The van der Waals surface area contributed by atoms with Crippen LogP contribution in [0.4, 0.5) is 0 Å². The van der Waals surface area contributed by atoms with E-state index in [2.05, 4.69) is 6.92 Å². The molecule has 1 atom stereocenters. The van der Waals surface area contributed by atoms with Crippen LogP contribution in [0, 0.1) is 0 Å². The molecule has 0 heterocycles. The summed E-state index contributed by atoms with van der Waals surface area (Å²) in [6, 6.07) is 0. The lowest BCUT2D eigenvalue weighted by molar-refractivity contribution is 0.184. The molecule has 0 rings (SSSR count). The molecule has 20 heavy (non-hydrogen) atoms. The largest absolute Gasteiger partial charge is 0.391 e. The van der Waals surface area contributed by atoms with Gasteiger partial charge in [-0.25, -0.2) is 0 Å². The number of rotatable bonds is 15. The Morgan fingerprint density at radius 1 is 0.800 bits per heavy atom. The summed E-state index contributed by atoms with van der Waals surface area (Å²) in [5, 5.41) is 27.9. The fourth-order valence-electron chi connectivity index (χ4n) is 2.40. The average molecular weight is 308 g/mol. The quantitative estimate of drug-likeness (QED) is 0.322. The summed E-state index contributed by atoms with van der Waals surface area (Å²) in [5.41, 5.74) is 0. The third kappa shape index (κ3) is 13.2. The lowest BCUT2D eigenvalue weighted by Gasteiger charge is -2.12. The van der Waals surface area contributed by atoms with Crippen molar-refractivity contribution in [3.63, 3.8) is 0 Å². The second-order valence-corrected chi connectivity index (χ2v) is 7.93. The van der Waals surface area contributed by atoms with Crippen LogP contribution >= 0.6 is 0 Å². The number of hydrogen-bond donors (Lipinski definition) is 3. The number of aliphatic hydroxyl groups is 3. The molecule has 0 aromatic rings. The van der Waals surface area contributed by atoms with E-state index >= 15 is 0 Å². The second kappa shape index (κ2) is 15.6. The highest BCUT2D eigenvalue weighted by atomic mass is 32.2. The molecule has 0 amide bonds. The van der Waals surface area contributed by atoms with Crippen LogP contribution in [0.3, 0.4) is 0 Å². The van der Waals surface area contributed by atoms with Crippen LogP contribution in [0.25, 0.3) is 0 Å². The van der Waals surface area contributed by atoms with Crippen molar-refractivity contribution in [1.29, 1.82) is 0 Å². The highest BCUT2D eigenvalue weighted by Gasteiger charge is 2.21. The molecule has 0 aliphatic heterocycles. The summed E-state index contributed by atoms with van der Waals surface area (Å²) in [5.74, 6) is 2.18. The summed E-state index contributed by atoms with van der Waals surface area (Å²) < 4.78 is 0. The third-order valence-corrected chi connectivity index (χ3v) is 5.95. The average Bonchev–Trinajstić information content (AvgIpc) is 2.42. The zero-order chi connectivity index (χ0) is 15.1. The Morgan fingerprint density at radius 3 is 1.80 bits per heavy atom. The Kier molecular flexibility index (Phi) is 15.8. The predicted molar refractivity (Wildman–Crippen MR) is 89.4 cm³/mol. The van der Waals surface area contributed by atoms with E-state index in [4.69, 9.17) is 10.2 Å². The van der Waals surface area contributed by atoms with Crippen LogP contribution in [-0.4, -0.2) is 51.9 Å². The molecule has 0 aliphatic carbocycles. The normalized spacial score (nSPS) is 13.1. The van der Waals surface area contributed by atoms with E-state index < -0.39 is 0 Å². The minimum atomic E-state index is -0.253. The molecule has 1 unspecified atom stereocenters. The molecular weight excluding hydrogens is 272 g/mol. The Morgan fingerprint density at radius 2 is 1.30 bits per heavy atom. The summed E-state index contributed by atoms with van der Waals surface area (Å²) in [6.07, 6.45) is 10.9. The van der Waals surface area contributed by atoms with E-state index in [-0.39, 0.29) is 30.2 Å². The summed E-state index contributed by atoms with van der Waals surface area (Å²) >= 11 is 0. The Balaban J connectivity index is 3.44. The van der Waals surface area contributed by atoms with Crippen LogP contribution in [-0.2, 0) is 10.9 Å². The van der Waals surface area contributed by atoms with Crippen LogP contribution in [0.2, 0.25) is 0 Å². The molecule has 0 fully saturated rings. The maximum atomic E-state index is 9.99. The number of unbranched alkanes of at least 4 members (excludes halogenated alkanes) is 7. The molecule has 0 aromatic heterocycles. The zero-order valence-corrected chi connectivity index (χ0v) is 14.0. The van der Waals surface area contributed by atoms with Gasteiger partial charge in [-0.3, -0.25) is 0 Å². The highest BCUT2D eigenvalue weighted by molar-refractivity contribution is 7.96. The first-order chi connectivity index (χ1) is 9.74. The molecule has 122 valence electrons. The monoisotopic (exact) mass is 307 g/mol. The van der Waals surface area contributed by atoms with Gasteiger partial charge < -0.3 is 15.3 Å². The number of hydrogen-bond acceptors (Lipinski definition) is 3. The van der Waals surface area contributed by atoms with Crippen molar-refractivity contribution >= 4 is 10.9 Å². The molecule has 3 nitrogen and oxygen atoms in total. The van der Waals surface area contributed by atoms with Gasteiger partial charge in [-0.15, -0.1) is 0 Å². The lowest BCUT2D eigenvalue weighted by Crippen LogP contribution is -2.28. The standard InChI is InChI=1S/C16H35O3S/c1-2-3-4-5-6-7-8-9-10-16(19)15-20(13-11-17)14-12-18/h16-19H,2-15H2,1H3/q+1. The minimum Gasteiger partial charge on any atom is -0.391 e. The first kappa shape index (κ1) is 20.2. The maximum Gasteiger partial charge on any atom is 0.134 e. The van der Waals surface area contributed by atoms with Gasteiger partial charge in [0.2, 0.25) is 0 Å². The van der Waals surface area contributed by atoms with Gasteiger partial charge in [0.1, 0.15) is 17.3 Å². The van der Waals surface area contributed by atoms with Crippen molar-refractivity contribution in [2.24, 2.45) is 0 Å². The van der Waals surface area contributed by atoms with Crippen molar-refractivity contribution in [3.8, 4) is 0 Å². The fraction of sp³-hybridized carbons (Fsp3) is 1.00. The van der Waals surface area contributed by atoms with Gasteiger partial charge in [-0.05, 0) is 17.3 Å². The smallest absolute Gasteiger partial charge is 0.134 e. The fourth-order valence-corrected chi connectivity index (χ4v) is 4.16. The van der Waals surface area contributed by atoms with Gasteiger partial charge in [-0.1, -0.05) is 58.3 Å². The Labute approximate surface area is 128 Å². The van der Waals surface area contributed by atoms with Gasteiger partial charge in [-0.2, -0.15) is 0 Å². The van der Waals surface area contributed by atoms with Gasteiger partial charge in [0.05, 0.1) is 19.3 Å². The zero-order valence-electron chi connectivity index (χ0n) is 13.2. The van der Waals surface area contributed by atoms with Gasteiger partial charge in [0, 0.05) is 0 Å². The molecule has 0 radical (unpaired) electrons. The third-order valence-electron chi connectivity index (χ3n) is 3.58. The molecule has 0 aliphatic rings. The second-order valence-electron chi connectivity index (χ2n) is 5.55. The first-order valence-corrected chi connectivity index (χ1v) is 10.0. The first-order valence-electron chi connectivity index (χ1n) is 8.28. The van der Waals surface area contributed by atoms with Gasteiger partial charge in [0.25, 0.3) is 0 Å².